The fourth-order valence-corrected chi connectivity index (χ4v) is 4.88. The predicted molar refractivity (Wildman–Crippen MR) is 126 cm³/mol. The van der Waals surface area contributed by atoms with Crippen LogP contribution >= 0.6 is 11.6 Å². The highest BCUT2D eigenvalue weighted by Crippen LogP contribution is 2.37. The third-order valence-corrected chi connectivity index (χ3v) is 6.78. The van der Waals surface area contributed by atoms with Gasteiger partial charge in [-0.25, -0.2) is 8.42 Å². The fraction of sp³-hybridized carbons (Fsp3) is 0.208. The minimum absolute atomic E-state index is 0.146. The summed E-state index contributed by atoms with van der Waals surface area (Å²) in [6.45, 7) is 1.84. The first-order valence-electron chi connectivity index (χ1n) is 10.1. The van der Waals surface area contributed by atoms with E-state index >= 15 is 0 Å². The summed E-state index contributed by atoms with van der Waals surface area (Å²) in [5.41, 5.74) is 3.22. The molecular formula is C24H23ClN2O4S. The first-order chi connectivity index (χ1) is 15.2. The Balaban J connectivity index is 1.67. The van der Waals surface area contributed by atoms with E-state index in [0.717, 1.165) is 27.3 Å². The van der Waals surface area contributed by atoms with Crippen LogP contribution < -0.4 is 14.4 Å². The van der Waals surface area contributed by atoms with E-state index in [0.29, 0.717) is 16.5 Å². The van der Waals surface area contributed by atoms with Gasteiger partial charge in [-0.15, -0.1) is 0 Å². The molecule has 3 aromatic carbocycles. The minimum Gasteiger partial charge on any atom is -0.476 e. The monoisotopic (exact) mass is 470 g/mol. The molecule has 0 radical (unpaired) electrons. The maximum absolute atomic E-state index is 13.3. The van der Waals surface area contributed by atoms with Crippen LogP contribution in [0.25, 0.3) is 0 Å². The number of aryl methyl sites for hydroxylation is 1. The molecule has 8 heteroatoms. The Labute approximate surface area is 192 Å². The molecule has 6 nitrogen and oxygen atoms in total. The quantitative estimate of drug-likeness (QED) is 0.609. The van der Waals surface area contributed by atoms with Gasteiger partial charge in [0.15, 0.2) is 6.10 Å². The minimum atomic E-state index is -3.65. The van der Waals surface area contributed by atoms with Crippen molar-refractivity contribution in [3.05, 3.63) is 94.5 Å². The molecule has 0 aliphatic carbocycles. The van der Waals surface area contributed by atoms with Crippen molar-refractivity contribution in [3.8, 4) is 5.75 Å². The summed E-state index contributed by atoms with van der Waals surface area (Å²) in [6, 6.07) is 21.7. The van der Waals surface area contributed by atoms with Gasteiger partial charge >= 0.3 is 0 Å². The van der Waals surface area contributed by atoms with Crippen LogP contribution in [0.3, 0.4) is 0 Å². The average molecular weight is 471 g/mol. The molecule has 2 atom stereocenters. The Hall–Kier alpha value is -3.03. The van der Waals surface area contributed by atoms with Crippen molar-refractivity contribution in [3.63, 3.8) is 0 Å². The molecule has 0 fully saturated rings. The van der Waals surface area contributed by atoms with Gasteiger partial charge in [-0.3, -0.25) is 9.10 Å². The third-order valence-electron chi connectivity index (χ3n) is 5.40. The van der Waals surface area contributed by atoms with Gasteiger partial charge in [-0.1, -0.05) is 66.2 Å². The van der Waals surface area contributed by atoms with Gasteiger partial charge in [-0.2, -0.15) is 0 Å². The lowest BCUT2D eigenvalue weighted by atomic mass is 9.94. The highest BCUT2D eigenvalue weighted by atomic mass is 35.5. The zero-order valence-corrected chi connectivity index (χ0v) is 19.2. The number of carbonyl (C=O) groups excluding carboxylic acids is 1. The third kappa shape index (κ3) is 4.59. The van der Waals surface area contributed by atoms with Crippen LogP contribution in [-0.2, 0) is 14.8 Å². The second-order valence-corrected chi connectivity index (χ2v) is 10.1. The van der Waals surface area contributed by atoms with Gasteiger partial charge in [0.1, 0.15) is 5.75 Å². The van der Waals surface area contributed by atoms with Crippen LogP contribution in [-0.4, -0.2) is 33.2 Å². The zero-order valence-electron chi connectivity index (χ0n) is 17.7. The fourth-order valence-electron chi connectivity index (χ4n) is 3.81. The number of hydrogen-bond donors (Lipinski definition) is 1. The molecule has 0 bridgehead atoms. The summed E-state index contributed by atoms with van der Waals surface area (Å²) in [5, 5.41) is 3.44. The zero-order chi connectivity index (χ0) is 22.9. The number of halogens is 1. The number of carbonyl (C=O) groups is 1. The summed E-state index contributed by atoms with van der Waals surface area (Å²) in [7, 11) is -3.65. The lowest BCUT2D eigenvalue weighted by Gasteiger charge is -2.35. The summed E-state index contributed by atoms with van der Waals surface area (Å²) in [4.78, 5) is 13.3. The Bertz CT molecular complexity index is 1250. The topological polar surface area (TPSA) is 75.7 Å². The van der Waals surface area contributed by atoms with E-state index in [1.54, 1.807) is 12.1 Å². The molecule has 1 aliphatic rings. The Morgan fingerprint density at radius 3 is 2.47 bits per heavy atom. The number of benzene rings is 3. The average Bonchev–Trinajstić information content (AvgIpc) is 2.77. The highest BCUT2D eigenvalue weighted by molar-refractivity contribution is 7.92. The highest BCUT2D eigenvalue weighted by Gasteiger charge is 2.36. The number of nitrogens with zero attached hydrogens (tertiary/aromatic N) is 1. The Morgan fingerprint density at radius 2 is 1.78 bits per heavy atom. The molecular weight excluding hydrogens is 448 g/mol. The summed E-state index contributed by atoms with van der Waals surface area (Å²) < 4.78 is 31.9. The van der Waals surface area contributed by atoms with Crippen LogP contribution in [0.2, 0.25) is 5.02 Å². The molecule has 0 aromatic heterocycles. The van der Waals surface area contributed by atoms with Crippen molar-refractivity contribution >= 4 is 33.2 Å². The molecule has 166 valence electrons. The van der Waals surface area contributed by atoms with Gasteiger partial charge in [0, 0.05) is 5.02 Å². The Kier molecular flexibility index (Phi) is 6.13. The van der Waals surface area contributed by atoms with Crippen LogP contribution in [0.4, 0.5) is 5.69 Å². The van der Waals surface area contributed by atoms with Crippen molar-refractivity contribution < 1.29 is 17.9 Å². The van der Waals surface area contributed by atoms with Gasteiger partial charge in [0.05, 0.1) is 24.5 Å². The molecule has 0 saturated carbocycles. The van der Waals surface area contributed by atoms with E-state index in [9.17, 15) is 13.2 Å². The van der Waals surface area contributed by atoms with E-state index in [-0.39, 0.29) is 6.54 Å². The van der Waals surface area contributed by atoms with E-state index in [2.05, 4.69) is 5.32 Å². The first kappa shape index (κ1) is 22.2. The van der Waals surface area contributed by atoms with E-state index in [4.69, 9.17) is 16.3 Å². The maximum Gasteiger partial charge on any atom is 0.263 e. The van der Waals surface area contributed by atoms with Crippen molar-refractivity contribution in [1.29, 1.82) is 0 Å². The standard InChI is InChI=1S/C24H23ClN2O4S/c1-16-8-6-7-11-19(16)23(17-9-4-3-5-10-17)26-24(28)22-15-27(32(2,29)30)20-14-18(25)12-13-21(20)31-22/h3-14,22-23H,15H2,1-2H3,(H,26,28)/t22-,23-/m1/s1. The summed E-state index contributed by atoms with van der Waals surface area (Å²) in [6.07, 6.45) is 0.0755. The second-order valence-electron chi connectivity index (χ2n) is 7.72. The number of sulfonamides is 1. The normalized spacial score (nSPS) is 16.6. The molecule has 1 amide bonds. The van der Waals surface area contributed by atoms with Crippen LogP contribution in [0.15, 0.2) is 72.8 Å². The molecule has 0 spiro atoms. The van der Waals surface area contributed by atoms with Crippen LogP contribution in [0.5, 0.6) is 5.75 Å². The number of ether oxygens (including phenoxy) is 1. The molecule has 4 rings (SSSR count). The maximum atomic E-state index is 13.3. The second kappa shape index (κ2) is 8.84. The SMILES string of the molecule is Cc1ccccc1[C@H](NC(=O)[C@H]1CN(S(C)(=O)=O)c2cc(Cl)ccc2O1)c1ccccc1. The van der Waals surface area contributed by atoms with E-state index < -0.39 is 28.1 Å². The number of amides is 1. The summed E-state index contributed by atoms with van der Waals surface area (Å²) >= 11 is 6.05. The lowest BCUT2D eigenvalue weighted by molar-refractivity contribution is -0.128. The number of anilines is 1. The van der Waals surface area contributed by atoms with Gasteiger partial charge in [-0.05, 0) is 41.8 Å². The molecule has 0 unspecified atom stereocenters. The van der Waals surface area contributed by atoms with Crippen molar-refractivity contribution in [2.24, 2.45) is 0 Å². The molecule has 1 heterocycles. The van der Waals surface area contributed by atoms with Crippen molar-refractivity contribution in [2.45, 2.75) is 19.1 Å². The molecule has 0 saturated heterocycles. The van der Waals surface area contributed by atoms with Gasteiger partial charge < -0.3 is 10.1 Å². The van der Waals surface area contributed by atoms with E-state index in [1.807, 2.05) is 61.5 Å². The lowest BCUT2D eigenvalue weighted by Crippen LogP contribution is -2.51. The van der Waals surface area contributed by atoms with Crippen LogP contribution in [0.1, 0.15) is 22.7 Å². The number of nitrogens with one attached hydrogen (secondary N) is 1. The number of hydrogen-bond acceptors (Lipinski definition) is 4. The van der Waals surface area contributed by atoms with Crippen LogP contribution in [0, 0.1) is 6.92 Å². The number of rotatable bonds is 5. The first-order valence-corrected chi connectivity index (χ1v) is 12.3. The van der Waals surface area contributed by atoms with Gasteiger partial charge in [0.2, 0.25) is 10.0 Å². The molecule has 1 aliphatic heterocycles. The van der Waals surface area contributed by atoms with E-state index in [1.165, 1.54) is 6.07 Å². The smallest absolute Gasteiger partial charge is 0.263 e. The number of fused-ring (bicyclic) bond motifs is 1. The van der Waals surface area contributed by atoms with Crippen molar-refractivity contribution in [2.75, 3.05) is 17.1 Å². The van der Waals surface area contributed by atoms with Gasteiger partial charge in [0.25, 0.3) is 5.91 Å². The largest absolute Gasteiger partial charge is 0.476 e. The molecule has 3 aromatic rings. The Morgan fingerprint density at radius 1 is 1.09 bits per heavy atom. The van der Waals surface area contributed by atoms with Crippen molar-refractivity contribution in [1.82, 2.24) is 5.32 Å². The molecule has 32 heavy (non-hydrogen) atoms. The molecule has 1 N–H and O–H groups in total. The predicted octanol–water partition coefficient (Wildman–Crippen LogP) is 4.08. The summed E-state index contributed by atoms with van der Waals surface area (Å²) in [5.74, 6) is -0.116.